The maximum absolute atomic E-state index is 5.92. The average molecular weight is 265 g/mol. The van der Waals surface area contributed by atoms with Gasteiger partial charge in [-0.3, -0.25) is 0 Å². The third-order valence-electron chi connectivity index (χ3n) is 3.10. The van der Waals surface area contributed by atoms with Crippen molar-refractivity contribution in [1.82, 2.24) is 9.97 Å². The SMILES string of the molecule is Cc1ccc2cccc(Oc3ncccc3CN)c2n1. The Labute approximate surface area is 117 Å². The standard InChI is InChI=1S/C16H15N3O/c1-11-7-8-12-4-2-6-14(15(12)19-11)20-16-13(10-17)5-3-9-18-16/h2-9H,10,17H2,1H3. The van der Waals surface area contributed by atoms with E-state index in [9.17, 15) is 0 Å². The Morgan fingerprint density at radius 2 is 2.00 bits per heavy atom. The highest BCUT2D eigenvalue weighted by atomic mass is 16.5. The van der Waals surface area contributed by atoms with Gasteiger partial charge in [-0.25, -0.2) is 9.97 Å². The molecule has 0 aliphatic heterocycles. The lowest BCUT2D eigenvalue weighted by Gasteiger charge is -2.10. The fourth-order valence-corrected chi connectivity index (χ4v) is 2.08. The molecule has 4 heteroatoms. The van der Waals surface area contributed by atoms with Crippen LogP contribution >= 0.6 is 0 Å². The van der Waals surface area contributed by atoms with Crippen molar-refractivity contribution in [1.29, 1.82) is 0 Å². The zero-order valence-corrected chi connectivity index (χ0v) is 11.2. The van der Waals surface area contributed by atoms with Gasteiger partial charge in [-0.1, -0.05) is 24.3 Å². The number of para-hydroxylation sites is 1. The maximum atomic E-state index is 5.92. The van der Waals surface area contributed by atoms with Crippen LogP contribution in [-0.4, -0.2) is 9.97 Å². The minimum absolute atomic E-state index is 0.389. The van der Waals surface area contributed by atoms with Crippen LogP contribution in [0.2, 0.25) is 0 Å². The normalized spacial score (nSPS) is 10.7. The van der Waals surface area contributed by atoms with Crippen LogP contribution in [0.25, 0.3) is 10.9 Å². The molecule has 0 bridgehead atoms. The number of ether oxygens (including phenoxy) is 1. The summed E-state index contributed by atoms with van der Waals surface area (Å²) in [6.45, 7) is 2.35. The summed E-state index contributed by atoms with van der Waals surface area (Å²) < 4.78 is 5.92. The van der Waals surface area contributed by atoms with E-state index in [1.54, 1.807) is 6.20 Å². The zero-order valence-electron chi connectivity index (χ0n) is 11.2. The van der Waals surface area contributed by atoms with Crippen LogP contribution in [0.3, 0.4) is 0 Å². The summed E-state index contributed by atoms with van der Waals surface area (Å²) in [5.74, 6) is 1.23. The van der Waals surface area contributed by atoms with Gasteiger partial charge in [-0.2, -0.15) is 0 Å². The number of pyridine rings is 2. The average Bonchev–Trinajstić information content (AvgIpc) is 2.48. The fourth-order valence-electron chi connectivity index (χ4n) is 2.08. The van der Waals surface area contributed by atoms with Gasteiger partial charge in [0.25, 0.3) is 0 Å². The molecule has 1 aromatic carbocycles. The fraction of sp³-hybridized carbons (Fsp3) is 0.125. The molecular formula is C16H15N3O. The number of benzene rings is 1. The molecule has 0 fully saturated rings. The van der Waals surface area contributed by atoms with Gasteiger partial charge in [0.2, 0.25) is 5.88 Å². The van der Waals surface area contributed by atoms with E-state index < -0.39 is 0 Å². The van der Waals surface area contributed by atoms with E-state index in [1.165, 1.54) is 0 Å². The van der Waals surface area contributed by atoms with Gasteiger partial charge in [0, 0.05) is 29.4 Å². The summed E-state index contributed by atoms with van der Waals surface area (Å²) in [7, 11) is 0. The van der Waals surface area contributed by atoms with Gasteiger partial charge in [0.1, 0.15) is 5.52 Å². The first-order valence-electron chi connectivity index (χ1n) is 6.46. The molecule has 3 rings (SSSR count). The second kappa shape index (κ2) is 5.27. The van der Waals surface area contributed by atoms with Crippen molar-refractivity contribution in [3.63, 3.8) is 0 Å². The second-order valence-electron chi connectivity index (χ2n) is 4.55. The summed E-state index contributed by atoms with van der Waals surface area (Å²) in [5, 5.41) is 1.04. The molecule has 0 spiro atoms. The molecule has 0 aliphatic rings. The molecule has 2 aromatic heterocycles. The Bertz CT molecular complexity index is 756. The Morgan fingerprint density at radius 1 is 1.10 bits per heavy atom. The van der Waals surface area contributed by atoms with Gasteiger partial charge < -0.3 is 10.5 Å². The predicted molar refractivity (Wildman–Crippen MR) is 78.7 cm³/mol. The van der Waals surface area contributed by atoms with Crippen molar-refractivity contribution in [2.45, 2.75) is 13.5 Å². The minimum Gasteiger partial charge on any atom is -0.436 e. The molecule has 2 heterocycles. The second-order valence-corrected chi connectivity index (χ2v) is 4.55. The molecule has 0 saturated carbocycles. The molecule has 0 unspecified atom stereocenters. The number of aryl methyl sites for hydroxylation is 1. The Hall–Kier alpha value is -2.46. The molecule has 0 atom stereocenters. The Kier molecular flexibility index (Phi) is 3.31. The van der Waals surface area contributed by atoms with Crippen molar-refractivity contribution in [2.75, 3.05) is 0 Å². The van der Waals surface area contributed by atoms with Crippen molar-refractivity contribution < 1.29 is 4.74 Å². The number of nitrogens with zero attached hydrogens (tertiary/aromatic N) is 2. The first-order valence-corrected chi connectivity index (χ1v) is 6.46. The summed E-state index contributed by atoms with van der Waals surface area (Å²) in [4.78, 5) is 8.79. The summed E-state index contributed by atoms with van der Waals surface area (Å²) in [6.07, 6.45) is 1.69. The maximum Gasteiger partial charge on any atom is 0.223 e. The van der Waals surface area contributed by atoms with Crippen molar-refractivity contribution in [3.05, 3.63) is 59.9 Å². The highest BCUT2D eigenvalue weighted by Crippen LogP contribution is 2.29. The molecule has 3 aromatic rings. The first-order chi connectivity index (χ1) is 9.78. The predicted octanol–water partition coefficient (Wildman–Crippen LogP) is 3.19. The number of nitrogens with two attached hydrogens (primary N) is 1. The van der Waals surface area contributed by atoms with Gasteiger partial charge in [0.15, 0.2) is 5.75 Å². The van der Waals surface area contributed by atoms with Crippen LogP contribution in [0.5, 0.6) is 11.6 Å². The Morgan fingerprint density at radius 3 is 2.85 bits per heavy atom. The number of rotatable bonds is 3. The van der Waals surface area contributed by atoms with Crippen LogP contribution in [-0.2, 0) is 6.54 Å². The Balaban J connectivity index is 2.08. The lowest BCUT2D eigenvalue weighted by Crippen LogP contribution is -2.01. The van der Waals surface area contributed by atoms with Gasteiger partial charge in [-0.15, -0.1) is 0 Å². The molecule has 0 radical (unpaired) electrons. The minimum atomic E-state index is 0.389. The summed E-state index contributed by atoms with van der Waals surface area (Å²) in [6, 6.07) is 13.6. The zero-order chi connectivity index (χ0) is 13.9. The lowest BCUT2D eigenvalue weighted by molar-refractivity contribution is 0.460. The van der Waals surface area contributed by atoms with Gasteiger partial charge in [0.05, 0.1) is 0 Å². The van der Waals surface area contributed by atoms with Gasteiger partial charge in [-0.05, 0) is 25.1 Å². The smallest absolute Gasteiger partial charge is 0.223 e. The third-order valence-corrected chi connectivity index (χ3v) is 3.10. The number of hydrogen-bond donors (Lipinski definition) is 1. The van der Waals surface area contributed by atoms with E-state index in [0.29, 0.717) is 18.2 Å². The largest absolute Gasteiger partial charge is 0.436 e. The number of fused-ring (bicyclic) bond motifs is 1. The van der Waals surface area contributed by atoms with Crippen LogP contribution in [0.1, 0.15) is 11.3 Å². The lowest BCUT2D eigenvalue weighted by atomic mass is 10.2. The highest BCUT2D eigenvalue weighted by molar-refractivity contribution is 5.84. The van der Waals surface area contributed by atoms with Gasteiger partial charge >= 0.3 is 0 Å². The quantitative estimate of drug-likeness (QED) is 0.790. The molecular weight excluding hydrogens is 250 g/mol. The van der Waals surface area contributed by atoms with Crippen LogP contribution in [0.4, 0.5) is 0 Å². The molecule has 20 heavy (non-hydrogen) atoms. The summed E-state index contributed by atoms with van der Waals surface area (Å²) in [5.41, 5.74) is 8.36. The van der Waals surface area contributed by atoms with E-state index in [4.69, 9.17) is 10.5 Å². The monoisotopic (exact) mass is 265 g/mol. The van der Waals surface area contributed by atoms with E-state index >= 15 is 0 Å². The molecule has 4 nitrogen and oxygen atoms in total. The number of aromatic nitrogens is 2. The third kappa shape index (κ3) is 2.33. The van der Waals surface area contributed by atoms with Crippen molar-refractivity contribution in [2.24, 2.45) is 5.73 Å². The summed E-state index contributed by atoms with van der Waals surface area (Å²) >= 11 is 0. The molecule has 2 N–H and O–H groups in total. The van der Waals surface area contributed by atoms with Crippen LogP contribution in [0.15, 0.2) is 48.7 Å². The van der Waals surface area contributed by atoms with Crippen LogP contribution in [0, 0.1) is 6.92 Å². The van der Waals surface area contributed by atoms with E-state index in [1.807, 2.05) is 49.4 Å². The van der Waals surface area contributed by atoms with E-state index in [-0.39, 0.29) is 0 Å². The topological polar surface area (TPSA) is 61.0 Å². The molecule has 0 amide bonds. The van der Waals surface area contributed by atoms with Crippen LogP contribution < -0.4 is 10.5 Å². The molecule has 0 aliphatic carbocycles. The highest BCUT2D eigenvalue weighted by Gasteiger charge is 2.08. The van der Waals surface area contributed by atoms with Crippen molar-refractivity contribution in [3.8, 4) is 11.6 Å². The van der Waals surface area contributed by atoms with E-state index in [2.05, 4.69) is 9.97 Å². The molecule has 100 valence electrons. The first kappa shape index (κ1) is 12.6. The molecule has 0 saturated heterocycles. The van der Waals surface area contributed by atoms with E-state index in [0.717, 1.165) is 22.2 Å². The van der Waals surface area contributed by atoms with Crippen molar-refractivity contribution >= 4 is 10.9 Å². The number of hydrogen-bond acceptors (Lipinski definition) is 4.